The fourth-order valence-electron chi connectivity index (χ4n) is 1.73. The Morgan fingerprint density at radius 3 is 2.55 bits per heavy atom. The number of nitrogens with zero attached hydrogens (tertiary/aromatic N) is 4. The zero-order valence-electron chi connectivity index (χ0n) is 10.9. The van der Waals surface area contributed by atoms with Crippen molar-refractivity contribution >= 4 is 5.69 Å². The van der Waals surface area contributed by atoms with Gasteiger partial charge in [0.1, 0.15) is 6.10 Å². The molecular weight excluding hydrogens is 309 g/mol. The maximum Gasteiger partial charge on any atom is 0.416 e. The molecule has 0 saturated carbocycles. The molecule has 2 unspecified atom stereocenters. The third-order valence-corrected chi connectivity index (χ3v) is 2.83. The van der Waals surface area contributed by atoms with Crippen LogP contribution in [0.25, 0.3) is 10.4 Å². The van der Waals surface area contributed by atoms with Crippen LogP contribution in [0.4, 0.5) is 18.9 Å². The van der Waals surface area contributed by atoms with E-state index >= 15 is 0 Å². The van der Waals surface area contributed by atoms with Gasteiger partial charge in [0, 0.05) is 17.5 Å². The lowest BCUT2D eigenvalue weighted by atomic mass is 9.98. The van der Waals surface area contributed by atoms with Crippen LogP contribution in [0.15, 0.2) is 23.3 Å². The van der Waals surface area contributed by atoms with Gasteiger partial charge in [-0.2, -0.15) is 13.2 Å². The van der Waals surface area contributed by atoms with E-state index in [9.17, 15) is 33.5 Å². The molecule has 1 aromatic rings. The first-order valence-corrected chi connectivity index (χ1v) is 5.91. The number of nitro groups is 1. The topological polar surface area (TPSA) is 132 Å². The molecule has 1 aromatic carbocycles. The highest BCUT2D eigenvalue weighted by Gasteiger charge is 2.34. The Bertz CT molecular complexity index is 601. The van der Waals surface area contributed by atoms with Gasteiger partial charge in [-0.25, -0.2) is 0 Å². The zero-order chi connectivity index (χ0) is 16.9. The molecule has 2 atom stereocenters. The lowest BCUT2D eigenvalue weighted by molar-refractivity contribution is -0.386. The third kappa shape index (κ3) is 4.32. The molecule has 120 valence electrons. The monoisotopic (exact) mass is 320 g/mol. The molecule has 0 radical (unpaired) electrons. The lowest BCUT2D eigenvalue weighted by Gasteiger charge is -2.18. The van der Waals surface area contributed by atoms with Crippen LogP contribution in [-0.4, -0.2) is 27.8 Å². The number of rotatable bonds is 6. The molecule has 0 amide bonds. The van der Waals surface area contributed by atoms with Crippen LogP contribution in [0.5, 0.6) is 0 Å². The molecule has 0 aromatic heterocycles. The smallest absolute Gasteiger partial charge is 0.390 e. The molecule has 0 aliphatic rings. The van der Waals surface area contributed by atoms with Crippen molar-refractivity contribution in [3.63, 3.8) is 0 Å². The van der Waals surface area contributed by atoms with Gasteiger partial charge < -0.3 is 10.2 Å². The largest absolute Gasteiger partial charge is 0.416 e. The van der Waals surface area contributed by atoms with Crippen molar-refractivity contribution < 1.29 is 28.3 Å². The van der Waals surface area contributed by atoms with Gasteiger partial charge in [0.05, 0.1) is 22.2 Å². The van der Waals surface area contributed by atoms with E-state index < -0.39 is 40.1 Å². The number of benzene rings is 1. The van der Waals surface area contributed by atoms with Crippen molar-refractivity contribution in [2.24, 2.45) is 5.11 Å². The fraction of sp³-hybridized carbons (Fsp3) is 0.455. The Morgan fingerprint density at radius 2 is 2.05 bits per heavy atom. The van der Waals surface area contributed by atoms with E-state index in [2.05, 4.69) is 10.0 Å². The van der Waals surface area contributed by atoms with E-state index in [0.717, 1.165) is 6.07 Å². The molecule has 1 rings (SSSR count). The summed E-state index contributed by atoms with van der Waals surface area (Å²) in [4.78, 5) is 12.2. The van der Waals surface area contributed by atoms with Crippen LogP contribution in [0.2, 0.25) is 0 Å². The maximum atomic E-state index is 12.5. The van der Waals surface area contributed by atoms with E-state index in [1.165, 1.54) is 0 Å². The van der Waals surface area contributed by atoms with Gasteiger partial charge in [-0.1, -0.05) is 5.11 Å². The van der Waals surface area contributed by atoms with Gasteiger partial charge in [-0.3, -0.25) is 10.1 Å². The number of alkyl halides is 3. The van der Waals surface area contributed by atoms with Crippen LogP contribution >= 0.6 is 0 Å². The summed E-state index contributed by atoms with van der Waals surface area (Å²) in [5.41, 5.74) is 5.43. The third-order valence-electron chi connectivity index (χ3n) is 2.83. The number of azide groups is 1. The normalized spacial score (nSPS) is 14.0. The molecule has 0 saturated heterocycles. The highest BCUT2D eigenvalue weighted by atomic mass is 19.4. The van der Waals surface area contributed by atoms with Crippen LogP contribution in [-0.2, 0) is 6.18 Å². The summed E-state index contributed by atoms with van der Waals surface area (Å²) >= 11 is 0. The summed E-state index contributed by atoms with van der Waals surface area (Å²) in [6, 6.07) is 1.60. The zero-order valence-corrected chi connectivity index (χ0v) is 10.9. The van der Waals surface area contributed by atoms with Crippen molar-refractivity contribution in [1.82, 2.24) is 0 Å². The van der Waals surface area contributed by atoms with Gasteiger partial charge >= 0.3 is 6.18 Å². The molecule has 0 fully saturated rings. The molecule has 0 aliphatic heterocycles. The van der Waals surface area contributed by atoms with Gasteiger partial charge in [-0.05, 0) is 24.1 Å². The first-order chi connectivity index (χ1) is 10.2. The average Bonchev–Trinajstić information content (AvgIpc) is 2.44. The molecule has 0 heterocycles. The summed E-state index contributed by atoms with van der Waals surface area (Å²) in [5.74, 6) is 0. The van der Waals surface area contributed by atoms with Crippen LogP contribution in [0.1, 0.15) is 23.7 Å². The second kappa shape index (κ2) is 7.07. The predicted molar refractivity (Wildman–Crippen MR) is 67.7 cm³/mol. The molecule has 0 aliphatic carbocycles. The summed E-state index contributed by atoms with van der Waals surface area (Å²) < 4.78 is 37.6. The van der Waals surface area contributed by atoms with Crippen LogP contribution < -0.4 is 0 Å². The molecule has 0 spiro atoms. The quantitative estimate of drug-likeness (QED) is 0.274. The number of halogens is 3. The van der Waals surface area contributed by atoms with Crippen molar-refractivity contribution in [2.75, 3.05) is 6.54 Å². The highest BCUT2D eigenvalue weighted by molar-refractivity contribution is 5.45. The Kier molecular flexibility index (Phi) is 5.69. The van der Waals surface area contributed by atoms with Gasteiger partial charge in [0.15, 0.2) is 0 Å². The maximum absolute atomic E-state index is 12.5. The first kappa shape index (κ1) is 17.7. The van der Waals surface area contributed by atoms with E-state index in [0.29, 0.717) is 12.1 Å². The Morgan fingerprint density at radius 1 is 1.41 bits per heavy atom. The number of aliphatic hydroxyl groups is 2. The second-order valence-electron chi connectivity index (χ2n) is 4.28. The molecule has 22 heavy (non-hydrogen) atoms. The lowest BCUT2D eigenvalue weighted by Crippen LogP contribution is -2.20. The fourth-order valence-corrected chi connectivity index (χ4v) is 1.73. The Balaban J connectivity index is 3.12. The van der Waals surface area contributed by atoms with E-state index in [4.69, 9.17) is 5.53 Å². The van der Waals surface area contributed by atoms with E-state index in [1.54, 1.807) is 0 Å². The second-order valence-corrected chi connectivity index (χ2v) is 4.28. The molecule has 8 nitrogen and oxygen atoms in total. The minimum atomic E-state index is -4.77. The first-order valence-electron chi connectivity index (χ1n) is 5.91. The number of hydrogen-bond donors (Lipinski definition) is 2. The number of aliphatic hydroxyl groups excluding tert-OH is 2. The summed E-state index contributed by atoms with van der Waals surface area (Å²) in [6.45, 7) is -0.177. The summed E-state index contributed by atoms with van der Waals surface area (Å²) in [5, 5.41) is 33.5. The Hall–Kier alpha value is -2.36. The summed E-state index contributed by atoms with van der Waals surface area (Å²) in [7, 11) is 0. The minimum Gasteiger partial charge on any atom is -0.390 e. The Labute approximate surface area is 121 Å². The SMILES string of the molecule is [N-]=[N+]=NCCC(O)C(O)c1ccc(C(F)(F)F)cc1[N+](=O)[O-]. The highest BCUT2D eigenvalue weighted by Crippen LogP contribution is 2.35. The van der Waals surface area contributed by atoms with Crippen molar-refractivity contribution in [1.29, 1.82) is 0 Å². The molecule has 0 bridgehead atoms. The van der Waals surface area contributed by atoms with Gasteiger partial charge in [0.25, 0.3) is 5.69 Å². The molecule has 2 N–H and O–H groups in total. The van der Waals surface area contributed by atoms with Crippen LogP contribution in [0, 0.1) is 10.1 Å². The van der Waals surface area contributed by atoms with Gasteiger partial charge in [0.2, 0.25) is 0 Å². The standard InChI is InChI=1S/C11H11F3N4O4/c12-11(13,14)6-1-2-7(8(5-6)18(21)22)10(20)9(19)3-4-16-17-15/h1-2,5,9-10,19-20H,3-4H2. The van der Waals surface area contributed by atoms with E-state index in [-0.39, 0.29) is 13.0 Å². The van der Waals surface area contributed by atoms with Crippen molar-refractivity contribution in [3.8, 4) is 0 Å². The van der Waals surface area contributed by atoms with Crippen molar-refractivity contribution in [3.05, 3.63) is 49.9 Å². The number of hydrogen-bond acceptors (Lipinski definition) is 5. The van der Waals surface area contributed by atoms with E-state index in [1.807, 2.05) is 0 Å². The minimum absolute atomic E-state index is 0.177. The predicted octanol–water partition coefficient (Wildman–Crippen LogP) is 2.71. The summed E-state index contributed by atoms with van der Waals surface area (Å²) in [6.07, 6.45) is -8.28. The van der Waals surface area contributed by atoms with Gasteiger partial charge in [-0.15, -0.1) is 0 Å². The van der Waals surface area contributed by atoms with Crippen LogP contribution in [0.3, 0.4) is 0 Å². The average molecular weight is 320 g/mol. The number of nitro benzene ring substituents is 1. The van der Waals surface area contributed by atoms with Crippen molar-refractivity contribution in [2.45, 2.75) is 24.8 Å². The molecular formula is C11H11F3N4O4. The molecule has 11 heteroatoms.